The Balaban J connectivity index is 2.49. The van der Waals surface area contributed by atoms with Crippen molar-refractivity contribution in [2.45, 2.75) is 11.8 Å². The number of halogens is 5. The fourth-order valence-corrected chi connectivity index (χ4v) is 2.86. The molecule has 19 heavy (non-hydrogen) atoms. The SMILES string of the molecule is Cc1cc(F)cc(C(Br)c2cc(F)c(F)cc2Cl)c1. The molecule has 0 aliphatic heterocycles. The van der Waals surface area contributed by atoms with Crippen LogP contribution in [0.4, 0.5) is 13.2 Å². The zero-order valence-corrected chi connectivity index (χ0v) is 12.2. The average molecular weight is 350 g/mol. The summed E-state index contributed by atoms with van der Waals surface area (Å²) in [6, 6.07) is 6.38. The second kappa shape index (κ2) is 5.55. The standard InChI is InChI=1S/C14H9BrClF3/c1-7-2-8(4-9(17)3-7)14(15)10-5-12(18)13(19)6-11(10)16/h2-6,14H,1H3. The Morgan fingerprint density at radius 2 is 1.63 bits per heavy atom. The van der Waals surface area contributed by atoms with Gasteiger partial charge in [-0.1, -0.05) is 33.6 Å². The number of alkyl halides is 1. The van der Waals surface area contributed by atoms with Crippen LogP contribution in [0.1, 0.15) is 21.5 Å². The van der Waals surface area contributed by atoms with E-state index in [0.717, 1.165) is 17.7 Å². The Labute approximate surface area is 122 Å². The summed E-state index contributed by atoms with van der Waals surface area (Å²) in [4.78, 5) is -0.510. The van der Waals surface area contributed by atoms with E-state index in [4.69, 9.17) is 11.6 Å². The zero-order valence-electron chi connectivity index (χ0n) is 9.85. The quantitative estimate of drug-likeness (QED) is 0.492. The molecule has 2 aromatic carbocycles. The molecular formula is C14H9BrClF3. The minimum absolute atomic E-state index is 0.0858. The predicted molar refractivity (Wildman–Crippen MR) is 73.3 cm³/mol. The molecule has 0 aliphatic rings. The summed E-state index contributed by atoms with van der Waals surface area (Å²) >= 11 is 9.23. The first kappa shape index (κ1) is 14.4. The summed E-state index contributed by atoms with van der Waals surface area (Å²) in [5, 5.41) is 0.0858. The van der Waals surface area contributed by atoms with Crippen molar-refractivity contribution in [2.24, 2.45) is 0 Å². The first-order valence-corrected chi connectivity index (χ1v) is 6.73. The van der Waals surface area contributed by atoms with Crippen molar-refractivity contribution < 1.29 is 13.2 Å². The molecule has 0 fully saturated rings. The normalized spacial score (nSPS) is 12.5. The predicted octanol–water partition coefficient (Wildman–Crippen LogP) is 5.55. The van der Waals surface area contributed by atoms with Gasteiger partial charge in [0.05, 0.1) is 4.83 Å². The van der Waals surface area contributed by atoms with E-state index in [9.17, 15) is 13.2 Å². The number of hydrogen-bond acceptors (Lipinski definition) is 0. The van der Waals surface area contributed by atoms with E-state index in [0.29, 0.717) is 11.1 Å². The van der Waals surface area contributed by atoms with Crippen molar-refractivity contribution in [1.29, 1.82) is 0 Å². The van der Waals surface area contributed by atoms with E-state index in [1.165, 1.54) is 12.1 Å². The molecule has 0 bridgehead atoms. The molecule has 100 valence electrons. The van der Waals surface area contributed by atoms with Crippen molar-refractivity contribution in [1.82, 2.24) is 0 Å². The minimum Gasteiger partial charge on any atom is -0.207 e. The lowest BCUT2D eigenvalue weighted by molar-refractivity contribution is 0.507. The van der Waals surface area contributed by atoms with Crippen LogP contribution >= 0.6 is 27.5 Å². The van der Waals surface area contributed by atoms with E-state index in [1.54, 1.807) is 13.0 Å². The summed E-state index contributed by atoms with van der Waals surface area (Å²) in [5.74, 6) is -2.39. The Morgan fingerprint density at radius 1 is 1.00 bits per heavy atom. The van der Waals surface area contributed by atoms with E-state index in [1.807, 2.05) is 0 Å². The fraction of sp³-hybridized carbons (Fsp3) is 0.143. The maximum atomic E-state index is 13.4. The highest BCUT2D eigenvalue weighted by Gasteiger charge is 2.18. The second-order valence-corrected chi connectivity index (χ2v) is 5.54. The summed E-state index contributed by atoms with van der Waals surface area (Å²) in [6.45, 7) is 1.75. The molecule has 5 heteroatoms. The van der Waals surface area contributed by atoms with Crippen LogP contribution in [-0.4, -0.2) is 0 Å². The van der Waals surface area contributed by atoms with E-state index >= 15 is 0 Å². The molecule has 0 amide bonds. The van der Waals surface area contributed by atoms with Gasteiger partial charge in [-0.3, -0.25) is 0 Å². The third kappa shape index (κ3) is 3.12. The molecule has 0 saturated carbocycles. The van der Waals surface area contributed by atoms with Crippen LogP contribution in [0.3, 0.4) is 0 Å². The second-order valence-electron chi connectivity index (χ2n) is 4.21. The first-order valence-electron chi connectivity index (χ1n) is 5.44. The molecule has 0 nitrogen and oxygen atoms in total. The van der Waals surface area contributed by atoms with Crippen LogP contribution in [0.2, 0.25) is 5.02 Å². The maximum absolute atomic E-state index is 13.4. The highest BCUT2D eigenvalue weighted by Crippen LogP contribution is 2.36. The van der Waals surface area contributed by atoms with Gasteiger partial charge in [-0.05, 0) is 47.9 Å². The molecule has 0 saturated heterocycles. The van der Waals surface area contributed by atoms with Crippen molar-refractivity contribution in [3.05, 3.63) is 69.5 Å². The molecule has 0 heterocycles. The number of aryl methyl sites for hydroxylation is 1. The fourth-order valence-electron chi connectivity index (χ4n) is 1.82. The van der Waals surface area contributed by atoms with Crippen LogP contribution in [0.15, 0.2) is 30.3 Å². The van der Waals surface area contributed by atoms with Gasteiger partial charge in [-0.15, -0.1) is 0 Å². The summed E-state index contributed by atoms with van der Waals surface area (Å²) in [5.41, 5.74) is 1.68. The summed E-state index contributed by atoms with van der Waals surface area (Å²) in [6.07, 6.45) is 0. The largest absolute Gasteiger partial charge is 0.207 e. The lowest BCUT2D eigenvalue weighted by Crippen LogP contribution is -1.98. The van der Waals surface area contributed by atoms with Gasteiger partial charge in [0.2, 0.25) is 0 Å². The van der Waals surface area contributed by atoms with Gasteiger partial charge in [-0.2, -0.15) is 0 Å². The first-order chi connectivity index (χ1) is 8.88. The smallest absolute Gasteiger partial charge is 0.160 e. The molecular weight excluding hydrogens is 341 g/mol. The molecule has 0 N–H and O–H groups in total. The highest BCUT2D eigenvalue weighted by atomic mass is 79.9. The number of rotatable bonds is 2. The Morgan fingerprint density at radius 3 is 2.26 bits per heavy atom. The van der Waals surface area contributed by atoms with E-state index < -0.39 is 22.3 Å². The van der Waals surface area contributed by atoms with Crippen molar-refractivity contribution >= 4 is 27.5 Å². The number of hydrogen-bond donors (Lipinski definition) is 0. The Bertz CT molecular complexity index is 608. The lowest BCUT2D eigenvalue weighted by Gasteiger charge is -2.14. The minimum atomic E-state index is -1.01. The van der Waals surface area contributed by atoms with E-state index in [-0.39, 0.29) is 5.02 Å². The van der Waals surface area contributed by atoms with Crippen molar-refractivity contribution in [2.75, 3.05) is 0 Å². The molecule has 1 unspecified atom stereocenters. The van der Waals surface area contributed by atoms with Crippen LogP contribution in [0, 0.1) is 24.4 Å². The van der Waals surface area contributed by atoms with Crippen LogP contribution in [0.25, 0.3) is 0 Å². The molecule has 2 rings (SSSR count). The zero-order chi connectivity index (χ0) is 14.2. The van der Waals surface area contributed by atoms with Gasteiger partial charge in [-0.25, -0.2) is 13.2 Å². The monoisotopic (exact) mass is 348 g/mol. The third-order valence-electron chi connectivity index (χ3n) is 2.67. The average Bonchev–Trinajstić information content (AvgIpc) is 2.31. The van der Waals surface area contributed by atoms with Gasteiger partial charge in [0.25, 0.3) is 0 Å². The van der Waals surface area contributed by atoms with Crippen LogP contribution < -0.4 is 0 Å². The third-order valence-corrected chi connectivity index (χ3v) is 4.02. The maximum Gasteiger partial charge on any atom is 0.160 e. The summed E-state index contributed by atoms with van der Waals surface area (Å²) in [7, 11) is 0. The van der Waals surface area contributed by atoms with Crippen molar-refractivity contribution in [3.63, 3.8) is 0 Å². The molecule has 0 aromatic heterocycles. The van der Waals surface area contributed by atoms with Gasteiger partial charge in [0.15, 0.2) is 11.6 Å². The van der Waals surface area contributed by atoms with Gasteiger partial charge in [0.1, 0.15) is 5.82 Å². The van der Waals surface area contributed by atoms with Gasteiger partial charge in [0, 0.05) is 5.02 Å². The summed E-state index contributed by atoms with van der Waals surface area (Å²) < 4.78 is 39.6. The lowest BCUT2D eigenvalue weighted by atomic mass is 10.0. The Hall–Kier alpha value is -1.00. The van der Waals surface area contributed by atoms with Gasteiger partial charge < -0.3 is 0 Å². The molecule has 1 atom stereocenters. The highest BCUT2D eigenvalue weighted by molar-refractivity contribution is 9.09. The number of benzene rings is 2. The molecule has 0 radical (unpaired) electrons. The Kier molecular flexibility index (Phi) is 4.21. The molecule has 0 aliphatic carbocycles. The molecule has 2 aromatic rings. The van der Waals surface area contributed by atoms with E-state index in [2.05, 4.69) is 15.9 Å². The topological polar surface area (TPSA) is 0 Å². The van der Waals surface area contributed by atoms with Gasteiger partial charge >= 0.3 is 0 Å². The van der Waals surface area contributed by atoms with Crippen molar-refractivity contribution in [3.8, 4) is 0 Å². The van der Waals surface area contributed by atoms with Crippen LogP contribution in [-0.2, 0) is 0 Å². The molecule has 0 spiro atoms. The van der Waals surface area contributed by atoms with Crippen LogP contribution in [0.5, 0.6) is 0 Å².